The van der Waals surface area contributed by atoms with E-state index < -0.39 is 16.4 Å². The van der Waals surface area contributed by atoms with Crippen molar-refractivity contribution in [2.75, 3.05) is 5.32 Å². The maximum atomic E-state index is 11.2. The number of carboxylic acid groups (broad SMARTS) is 1. The van der Waals surface area contributed by atoms with E-state index in [2.05, 4.69) is 21.2 Å². The molecule has 0 amide bonds. The molecule has 0 spiro atoms. The maximum Gasteiger partial charge on any atom is 0.305 e. The van der Waals surface area contributed by atoms with E-state index in [0.717, 1.165) is 23.7 Å². The fourth-order valence-electron chi connectivity index (χ4n) is 2.92. The smallest absolute Gasteiger partial charge is 0.305 e. The number of halogens is 1. The summed E-state index contributed by atoms with van der Waals surface area (Å²) in [5.74, 6) is -0.887. The van der Waals surface area contributed by atoms with Crippen LogP contribution < -0.4 is 5.32 Å². The predicted molar refractivity (Wildman–Crippen MR) is 82.5 cm³/mol. The number of hydrogen-bond donors (Lipinski definition) is 2. The van der Waals surface area contributed by atoms with Crippen LogP contribution in [-0.2, 0) is 4.79 Å². The summed E-state index contributed by atoms with van der Waals surface area (Å²) in [5, 5.41) is 23.5. The van der Waals surface area contributed by atoms with Crippen molar-refractivity contribution in [2.45, 2.75) is 44.1 Å². The highest BCUT2D eigenvalue weighted by Crippen LogP contribution is 2.38. The number of benzene rings is 1. The molecule has 1 aromatic rings. The van der Waals surface area contributed by atoms with Crippen LogP contribution in [-0.4, -0.2) is 21.5 Å². The highest BCUT2D eigenvalue weighted by Gasteiger charge is 2.35. The lowest BCUT2D eigenvalue weighted by molar-refractivity contribution is -0.384. The van der Waals surface area contributed by atoms with Gasteiger partial charge in [0.1, 0.15) is 5.69 Å². The van der Waals surface area contributed by atoms with Crippen LogP contribution in [0.2, 0.25) is 0 Å². The Morgan fingerprint density at radius 3 is 2.62 bits per heavy atom. The Bertz CT molecular complexity index is 556. The van der Waals surface area contributed by atoms with Gasteiger partial charge in [-0.3, -0.25) is 14.9 Å². The van der Waals surface area contributed by atoms with Gasteiger partial charge in [-0.15, -0.1) is 0 Å². The van der Waals surface area contributed by atoms with E-state index >= 15 is 0 Å². The largest absolute Gasteiger partial charge is 0.481 e. The summed E-state index contributed by atoms with van der Waals surface area (Å²) >= 11 is 3.30. The van der Waals surface area contributed by atoms with E-state index in [0.29, 0.717) is 18.5 Å². The number of hydrogen-bond acceptors (Lipinski definition) is 4. The number of carboxylic acids is 1. The molecular formula is C14H17BrN2O4. The van der Waals surface area contributed by atoms with Crippen molar-refractivity contribution in [1.82, 2.24) is 0 Å². The number of nitro benzene ring substituents is 1. The lowest BCUT2D eigenvalue weighted by Gasteiger charge is -2.37. The molecule has 1 fully saturated rings. The first-order valence-electron chi connectivity index (χ1n) is 6.86. The molecule has 7 heteroatoms. The van der Waals surface area contributed by atoms with Gasteiger partial charge in [-0.2, -0.15) is 0 Å². The molecule has 114 valence electrons. The Labute approximate surface area is 130 Å². The number of nitro groups is 1. The molecule has 1 aromatic carbocycles. The second-order valence-electron chi connectivity index (χ2n) is 5.46. The Hall–Kier alpha value is -1.63. The van der Waals surface area contributed by atoms with Gasteiger partial charge in [0.05, 0.1) is 11.3 Å². The molecule has 2 rings (SSSR count). The number of nitrogens with zero attached hydrogens (tertiary/aromatic N) is 1. The molecule has 0 saturated heterocycles. The molecule has 0 bridgehead atoms. The number of rotatable bonds is 5. The van der Waals surface area contributed by atoms with Gasteiger partial charge < -0.3 is 10.4 Å². The molecule has 1 saturated carbocycles. The molecule has 0 heterocycles. The number of nitrogens with one attached hydrogen (secondary N) is 1. The normalized spacial score (nSPS) is 17.2. The standard InChI is InChI=1S/C14H17BrN2O4/c15-10-4-5-12(17(20)21)11(8-10)16-14(9-13(18)19)6-2-1-3-7-14/h4-5,8,16H,1-3,6-7,9H2,(H,18,19). The van der Waals surface area contributed by atoms with E-state index in [1.54, 1.807) is 12.1 Å². The van der Waals surface area contributed by atoms with Gasteiger partial charge in [0.25, 0.3) is 5.69 Å². The van der Waals surface area contributed by atoms with Crippen molar-refractivity contribution in [3.63, 3.8) is 0 Å². The Kier molecular flexibility index (Phi) is 4.82. The van der Waals surface area contributed by atoms with Crippen molar-refractivity contribution >= 4 is 33.3 Å². The van der Waals surface area contributed by atoms with Crippen LogP contribution >= 0.6 is 15.9 Å². The Morgan fingerprint density at radius 2 is 2.05 bits per heavy atom. The van der Waals surface area contributed by atoms with E-state index in [1.165, 1.54) is 6.07 Å². The summed E-state index contributed by atoms with van der Waals surface area (Å²) in [6.45, 7) is 0. The van der Waals surface area contributed by atoms with Gasteiger partial charge in [-0.1, -0.05) is 35.2 Å². The minimum atomic E-state index is -0.887. The van der Waals surface area contributed by atoms with Gasteiger partial charge in [-0.25, -0.2) is 0 Å². The van der Waals surface area contributed by atoms with Crippen LogP contribution in [0, 0.1) is 10.1 Å². The molecule has 1 aliphatic rings. The van der Waals surface area contributed by atoms with Crippen LogP contribution in [0.3, 0.4) is 0 Å². The molecule has 21 heavy (non-hydrogen) atoms. The van der Waals surface area contributed by atoms with Crippen molar-refractivity contribution < 1.29 is 14.8 Å². The van der Waals surface area contributed by atoms with Crippen LogP contribution in [0.25, 0.3) is 0 Å². The monoisotopic (exact) mass is 356 g/mol. The molecule has 0 unspecified atom stereocenters. The summed E-state index contributed by atoms with van der Waals surface area (Å²) in [6.07, 6.45) is 4.33. The maximum absolute atomic E-state index is 11.2. The lowest BCUT2D eigenvalue weighted by atomic mass is 9.79. The second-order valence-corrected chi connectivity index (χ2v) is 6.37. The minimum absolute atomic E-state index is 0.0311. The average Bonchev–Trinajstić information content (AvgIpc) is 2.38. The quantitative estimate of drug-likeness (QED) is 0.615. The molecule has 0 aromatic heterocycles. The third-order valence-corrected chi connectivity index (χ3v) is 4.35. The lowest BCUT2D eigenvalue weighted by Crippen LogP contribution is -2.42. The molecule has 0 aliphatic heterocycles. The van der Waals surface area contributed by atoms with Crippen molar-refractivity contribution in [2.24, 2.45) is 0 Å². The summed E-state index contributed by atoms with van der Waals surface area (Å²) in [5.41, 5.74) is -0.263. The fourth-order valence-corrected chi connectivity index (χ4v) is 3.28. The molecule has 2 N–H and O–H groups in total. The second kappa shape index (κ2) is 6.43. The topological polar surface area (TPSA) is 92.5 Å². The molecule has 0 radical (unpaired) electrons. The average molecular weight is 357 g/mol. The number of carbonyl (C=O) groups is 1. The minimum Gasteiger partial charge on any atom is -0.481 e. The van der Waals surface area contributed by atoms with Crippen molar-refractivity contribution in [3.05, 3.63) is 32.8 Å². The summed E-state index contributed by atoms with van der Waals surface area (Å²) in [4.78, 5) is 21.8. The van der Waals surface area contributed by atoms with Crippen LogP contribution in [0.4, 0.5) is 11.4 Å². The van der Waals surface area contributed by atoms with Crippen molar-refractivity contribution in [3.8, 4) is 0 Å². The third kappa shape index (κ3) is 3.93. The first-order valence-corrected chi connectivity index (χ1v) is 7.65. The predicted octanol–water partition coefficient (Wildman–Crippen LogP) is 3.95. The molecule has 0 atom stereocenters. The summed E-state index contributed by atoms with van der Waals surface area (Å²) < 4.78 is 0.719. The van der Waals surface area contributed by atoms with Crippen molar-refractivity contribution in [1.29, 1.82) is 0 Å². The zero-order valence-electron chi connectivity index (χ0n) is 11.5. The number of aliphatic carboxylic acids is 1. The van der Waals surface area contributed by atoms with Gasteiger partial charge in [0.15, 0.2) is 0 Å². The molecular weight excluding hydrogens is 340 g/mol. The van der Waals surface area contributed by atoms with E-state index in [9.17, 15) is 14.9 Å². The zero-order valence-corrected chi connectivity index (χ0v) is 13.1. The molecule has 1 aliphatic carbocycles. The fraction of sp³-hybridized carbons (Fsp3) is 0.500. The van der Waals surface area contributed by atoms with Crippen LogP contribution in [0.1, 0.15) is 38.5 Å². The van der Waals surface area contributed by atoms with Gasteiger partial charge >= 0.3 is 5.97 Å². The third-order valence-electron chi connectivity index (χ3n) is 3.86. The van der Waals surface area contributed by atoms with E-state index in [1.807, 2.05) is 0 Å². The van der Waals surface area contributed by atoms with Crippen LogP contribution in [0.15, 0.2) is 22.7 Å². The molecule has 6 nitrogen and oxygen atoms in total. The Morgan fingerprint density at radius 1 is 1.38 bits per heavy atom. The number of anilines is 1. The highest BCUT2D eigenvalue weighted by atomic mass is 79.9. The first kappa shape index (κ1) is 15.8. The SMILES string of the molecule is O=C(O)CC1(Nc2cc(Br)ccc2[N+](=O)[O-])CCCCC1. The Balaban J connectivity index is 2.34. The van der Waals surface area contributed by atoms with E-state index in [4.69, 9.17) is 5.11 Å². The van der Waals surface area contributed by atoms with Crippen LogP contribution in [0.5, 0.6) is 0 Å². The van der Waals surface area contributed by atoms with E-state index in [-0.39, 0.29) is 12.1 Å². The summed E-state index contributed by atoms with van der Waals surface area (Å²) in [7, 11) is 0. The highest BCUT2D eigenvalue weighted by molar-refractivity contribution is 9.10. The van der Waals surface area contributed by atoms with Gasteiger partial charge in [-0.05, 0) is 25.0 Å². The summed E-state index contributed by atoms with van der Waals surface area (Å²) in [6, 6.07) is 4.66. The van der Waals surface area contributed by atoms with Gasteiger partial charge in [0.2, 0.25) is 0 Å². The first-order chi connectivity index (χ1) is 9.92. The van der Waals surface area contributed by atoms with Gasteiger partial charge in [0, 0.05) is 16.1 Å². The zero-order chi connectivity index (χ0) is 15.5.